The van der Waals surface area contributed by atoms with Gasteiger partial charge in [0.05, 0.1) is 23.1 Å². The summed E-state index contributed by atoms with van der Waals surface area (Å²) in [7, 11) is 0. The molecule has 11 heteroatoms. The highest BCUT2D eigenvalue weighted by molar-refractivity contribution is 6.09. The van der Waals surface area contributed by atoms with Gasteiger partial charge in [-0.1, -0.05) is 19.9 Å². The lowest BCUT2D eigenvalue weighted by molar-refractivity contribution is 0.102. The average molecular weight is 522 g/mol. The minimum Gasteiger partial charge on any atom is -0.367 e. The Hall–Kier alpha value is -4.12. The molecule has 1 saturated heterocycles. The van der Waals surface area contributed by atoms with E-state index >= 15 is 0 Å². The number of carbonyl (C=O) groups excluding carboxylic acids is 1. The van der Waals surface area contributed by atoms with E-state index in [1.54, 1.807) is 12.3 Å². The van der Waals surface area contributed by atoms with E-state index in [4.69, 9.17) is 5.73 Å². The summed E-state index contributed by atoms with van der Waals surface area (Å²) in [6, 6.07) is 9.19. The van der Waals surface area contributed by atoms with Crippen LogP contribution in [0.5, 0.6) is 0 Å². The number of rotatable bonds is 5. The van der Waals surface area contributed by atoms with Crippen LogP contribution in [0.2, 0.25) is 0 Å². The first-order chi connectivity index (χ1) is 18.0. The summed E-state index contributed by atoms with van der Waals surface area (Å²) in [6.45, 7) is 9.52. The lowest BCUT2D eigenvalue weighted by Crippen LogP contribution is -2.35. The molecule has 4 aromatic rings. The number of fused-ring (bicyclic) bond motifs is 1. The van der Waals surface area contributed by atoms with Crippen molar-refractivity contribution >= 4 is 28.2 Å². The zero-order chi connectivity index (χ0) is 27.4. The Kier molecular flexibility index (Phi) is 6.26. The number of para-hydroxylation sites is 1. The molecule has 198 valence electrons. The molecule has 9 nitrogen and oxygen atoms in total. The van der Waals surface area contributed by atoms with Crippen LogP contribution in [0.15, 0.2) is 53.5 Å². The van der Waals surface area contributed by atoms with E-state index in [0.29, 0.717) is 23.5 Å². The van der Waals surface area contributed by atoms with Crippen LogP contribution in [-0.4, -0.2) is 44.6 Å². The number of anilines is 2. The minimum absolute atomic E-state index is 0.0812. The zero-order valence-electron chi connectivity index (χ0n) is 21.6. The van der Waals surface area contributed by atoms with Crippen molar-refractivity contribution in [1.29, 1.82) is 0 Å². The molecule has 1 aliphatic heterocycles. The molecule has 1 atom stereocenters. The minimum atomic E-state index is -0.972. The van der Waals surface area contributed by atoms with Crippen LogP contribution in [0, 0.1) is 17.0 Å². The second-order valence-electron chi connectivity index (χ2n) is 10.5. The van der Waals surface area contributed by atoms with Crippen molar-refractivity contribution in [3.63, 3.8) is 0 Å². The van der Waals surface area contributed by atoms with Crippen molar-refractivity contribution in [1.82, 2.24) is 19.6 Å². The van der Waals surface area contributed by atoms with Gasteiger partial charge < -0.3 is 16.0 Å². The fourth-order valence-electron chi connectivity index (χ4n) is 4.86. The smallest absolute Gasteiger partial charge is 0.276 e. The van der Waals surface area contributed by atoms with Crippen LogP contribution in [-0.2, 0) is 0 Å². The lowest BCUT2D eigenvalue weighted by atomic mass is 9.89. The Morgan fingerprint density at radius 3 is 2.45 bits per heavy atom. The third-order valence-electron chi connectivity index (χ3n) is 7.01. The molecule has 0 bridgehead atoms. The number of hydrogen-bond acceptors (Lipinski definition) is 6. The van der Waals surface area contributed by atoms with Gasteiger partial charge in [-0.15, -0.1) is 0 Å². The van der Waals surface area contributed by atoms with E-state index in [-0.39, 0.29) is 23.2 Å². The summed E-state index contributed by atoms with van der Waals surface area (Å²) in [5.41, 5.74) is 6.86. The fraction of sp³-hybridized carbons (Fsp3) is 0.333. The van der Waals surface area contributed by atoms with Crippen LogP contribution in [0.25, 0.3) is 16.6 Å². The second-order valence-corrected chi connectivity index (χ2v) is 10.5. The van der Waals surface area contributed by atoms with E-state index in [1.807, 2.05) is 24.6 Å². The van der Waals surface area contributed by atoms with Gasteiger partial charge in [0, 0.05) is 36.6 Å². The molecule has 1 fully saturated rings. The van der Waals surface area contributed by atoms with Gasteiger partial charge in [-0.25, -0.2) is 8.78 Å². The molecule has 2 aromatic carbocycles. The molecule has 0 spiro atoms. The summed E-state index contributed by atoms with van der Waals surface area (Å²) in [4.78, 5) is 27.9. The maximum Gasteiger partial charge on any atom is 0.276 e. The highest BCUT2D eigenvalue weighted by atomic mass is 19.1. The number of benzene rings is 2. The highest BCUT2D eigenvalue weighted by Gasteiger charge is 2.38. The molecule has 0 saturated carbocycles. The molecule has 2 aromatic heterocycles. The summed E-state index contributed by atoms with van der Waals surface area (Å²) < 4.78 is 31.2. The lowest BCUT2D eigenvalue weighted by Gasteiger charge is -2.25. The van der Waals surface area contributed by atoms with E-state index in [0.717, 1.165) is 34.8 Å². The third-order valence-corrected chi connectivity index (χ3v) is 7.01. The highest BCUT2D eigenvalue weighted by Crippen LogP contribution is 2.41. The van der Waals surface area contributed by atoms with Crippen molar-refractivity contribution in [2.45, 2.75) is 39.8 Å². The Bertz CT molecular complexity index is 1590. The molecular formula is C27H29F2N7O2. The number of nitrogens with zero attached hydrogens (tertiary/aromatic N) is 5. The summed E-state index contributed by atoms with van der Waals surface area (Å²) in [5.74, 6) is -2.59. The van der Waals surface area contributed by atoms with Crippen molar-refractivity contribution in [3.05, 3.63) is 76.3 Å². The van der Waals surface area contributed by atoms with Crippen LogP contribution in [0.4, 0.5) is 20.2 Å². The number of nitrogens with two attached hydrogens (primary N) is 1. The SMILES string of the molecule is CC(C)n1ncc2c(N3C[C@@H](N)C(C)(C)C3)c(NC(=O)c3ccc(=O)n(-c4c(F)cccc4F)n3)ccc21. The van der Waals surface area contributed by atoms with Gasteiger partial charge in [-0.05, 0) is 49.6 Å². The van der Waals surface area contributed by atoms with Gasteiger partial charge in [0.1, 0.15) is 11.4 Å². The van der Waals surface area contributed by atoms with Gasteiger partial charge >= 0.3 is 0 Å². The Morgan fingerprint density at radius 2 is 1.82 bits per heavy atom. The van der Waals surface area contributed by atoms with Gasteiger partial charge in [0.15, 0.2) is 11.6 Å². The Labute approximate surface area is 217 Å². The number of hydrogen-bond donors (Lipinski definition) is 2. The first kappa shape index (κ1) is 25.5. The quantitative estimate of drug-likeness (QED) is 0.413. The van der Waals surface area contributed by atoms with Gasteiger partial charge in [-0.2, -0.15) is 14.9 Å². The van der Waals surface area contributed by atoms with E-state index in [1.165, 1.54) is 12.1 Å². The monoisotopic (exact) mass is 521 g/mol. The molecule has 5 rings (SSSR count). The average Bonchev–Trinajstić information content (AvgIpc) is 3.39. The van der Waals surface area contributed by atoms with Crippen molar-refractivity contribution < 1.29 is 13.6 Å². The van der Waals surface area contributed by atoms with Crippen LogP contribution < -0.4 is 21.5 Å². The predicted molar refractivity (Wildman–Crippen MR) is 142 cm³/mol. The molecule has 0 unspecified atom stereocenters. The van der Waals surface area contributed by atoms with Gasteiger partial charge in [-0.3, -0.25) is 14.3 Å². The number of halogens is 2. The van der Waals surface area contributed by atoms with Crippen LogP contribution in [0.1, 0.15) is 44.2 Å². The van der Waals surface area contributed by atoms with Crippen LogP contribution >= 0.6 is 0 Å². The first-order valence-electron chi connectivity index (χ1n) is 12.3. The van der Waals surface area contributed by atoms with Crippen LogP contribution in [0.3, 0.4) is 0 Å². The van der Waals surface area contributed by atoms with E-state index in [2.05, 4.69) is 34.3 Å². The standard InChI is InChI=1S/C27H29F2N7O2/c1-15(2)35-21-10-8-19(24(16(21)12-31-35)34-13-22(30)27(3,4)14-34)32-26(38)20-9-11-23(37)36(33-20)25-17(28)6-5-7-18(25)29/h5-12,15,22H,13-14,30H2,1-4H3,(H,32,38)/t22-/m1/s1. The molecule has 1 amide bonds. The largest absolute Gasteiger partial charge is 0.367 e. The van der Waals surface area contributed by atoms with Crippen molar-refractivity contribution in [3.8, 4) is 5.69 Å². The molecule has 3 heterocycles. The van der Waals surface area contributed by atoms with E-state index < -0.39 is 28.8 Å². The second kappa shape index (κ2) is 9.32. The molecule has 0 aliphatic carbocycles. The third kappa shape index (κ3) is 4.32. The summed E-state index contributed by atoms with van der Waals surface area (Å²) in [5, 5.41) is 12.3. The molecular weight excluding hydrogens is 492 g/mol. The Balaban J connectivity index is 1.57. The van der Waals surface area contributed by atoms with Gasteiger partial charge in [0.25, 0.3) is 11.5 Å². The number of nitrogens with one attached hydrogen (secondary N) is 1. The molecule has 3 N–H and O–H groups in total. The Morgan fingerprint density at radius 1 is 1.11 bits per heavy atom. The topological polar surface area (TPSA) is 111 Å². The fourth-order valence-corrected chi connectivity index (χ4v) is 4.86. The van der Waals surface area contributed by atoms with Crippen molar-refractivity contribution in [2.75, 3.05) is 23.3 Å². The molecule has 1 aliphatic rings. The van der Waals surface area contributed by atoms with Crippen molar-refractivity contribution in [2.24, 2.45) is 11.1 Å². The van der Waals surface area contributed by atoms with E-state index in [9.17, 15) is 18.4 Å². The molecule has 38 heavy (non-hydrogen) atoms. The summed E-state index contributed by atoms with van der Waals surface area (Å²) in [6.07, 6.45) is 1.77. The maximum atomic E-state index is 14.4. The number of aromatic nitrogens is 4. The van der Waals surface area contributed by atoms with Gasteiger partial charge in [0.2, 0.25) is 0 Å². The zero-order valence-corrected chi connectivity index (χ0v) is 21.6. The first-order valence-corrected chi connectivity index (χ1v) is 12.3. The maximum absolute atomic E-state index is 14.4. The molecule has 0 radical (unpaired) electrons. The number of amides is 1. The predicted octanol–water partition coefficient (Wildman–Crippen LogP) is 3.87. The normalized spacial score (nSPS) is 16.9. The summed E-state index contributed by atoms with van der Waals surface area (Å²) >= 11 is 0. The number of carbonyl (C=O) groups is 1.